The number of carbonyl (C=O) groups is 1. The summed E-state index contributed by atoms with van der Waals surface area (Å²) in [5, 5.41) is 31.2. The number of cyclic esters (lactones) is 1. The number of fused-ring (bicyclic) bond motifs is 1. The summed E-state index contributed by atoms with van der Waals surface area (Å²) in [4.78, 5) is 11.7. The molecular weight excluding hydrogens is 320 g/mol. The third kappa shape index (κ3) is 3.07. The van der Waals surface area contributed by atoms with Crippen LogP contribution in [-0.4, -0.2) is 46.7 Å². The Morgan fingerprint density at radius 1 is 1.48 bits per heavy atom. The van der Waals surface area contributed by atoms with E-state index in [1.807, 2.05) is 6.92 Å². The lowest BCUT2D eigenvalue weighted by Gasteiger charge is -2.56. The molecule has 3 aliphatic rings. The van der Waals surface area contributed by atoms with Crippen LogP contribution in [-0.2, 0) is 9.53 Å². The van der Waals surface area contributed by atoms with E-state index in [-0.39, 0.29) is 36.9 Å². The van der Waals surface area contributed by atoms with Crippen LogP contribution in [0.5, 0.6) is 0 Å². The van der Waals surface area contributed by atoms with Crippen molar-refractivity contribution in [3.8, 4) is 0 Å². The first-order valence-electron chi connectivity index (χ1n) is 9.31. The quantitative estimate of drug-likeness (QED) is 0.532. The first-order chi connectivity index (χ1) is 11.8. The highest BCUT2D eigenvalue weighted by Crippen LogP contribution is 2.56. The predicted molar refractivity (Wildman–Crippen MR) is 93.5 cm³/mol. The Bertz CT molecular complexity index is 583. The van der Waals surface area contributed by atoms with Crippen LogP contribution >= 0.6 is 0 Å². The second kappa shape index (κ2) is 6.86. The molecule has 6 unspecified atom stereocenters. The zero-order chi connectivity index (χ0) is 18.4. The van der Waals surface area contributed by atoms with Gasteiger partial charge in [0.15, 0.2) is 0 Å². The minimum Gasteiger partial charge on any atom is -0.458 e. The average molecular weight is 350 g/mol. The minimum absolute atomic E-state index is 0.0404. The first kappa shape index (κ1) is 18.6. The molecular formula is C20H30O5. The van der Waals surface area contributed by atoms with Gasteiger partial charge in [-0.25, -0.2) is 4.79 Å². The van der Waals surface area contributed by atoms with E-state index in [9.17, 15) is 20.1 Å². The predicted octanol–water partition coefficient (Wildman–Crippen LogP) is 1.82. The Kier molecular flexibility index (Phi) is 5.11. The molecule has 2 aliphatic carbocycles. The highest BCUT2D eigenvalue weighted by atomic mass is 16.5. The summed E-state index contributed by atoms with van der Waals surface area (Å²) in [7, 11) is 0. The Balaban J connectivity index is 1.85. The third-order valence-corrected chi connectivity index (χ3v) is 7.02. The fourth-order valence-corrected chi connectivity index (χ4v) is 5.42. The third-order valence-electron chi connectivity index (χ3n) is 7.02. The van der Waals surface area contributed by atoms with Crippen LogP contribution in [0, 0.1) is 29.1 Å². The summed E-state index contributed by atoms with van der Waals surface area (Å²) in [6, 6.07) is 0. The van der Waals surface area contributed by atoms with Crippen molar-refractivity contribution in [1.29, 1.82) is 0 Å². The lowest BCUT2D eigenvalue weighted by atomic mass is 9.50. The van der Waals surface area contributed by atoms with Gasteiger partial charge >= 0.3 is 5.97 Å². The van der Waals surface area contributed by atoms with Gasteiger partial charge in [0.05, 0.1) is 24.4 Å². The summed E-state index contributed by atoms with van der Waals surface area (Å²) >= 11 is 0. The average Bonchev–Trinajstić information content (AvgIpc) is 3.00. The molecule has 0 saturated heterocycles. The van der Waals surface area contributed by atoms with Gasteiger partial charge in [-0.3, -0.25) is 0 Å². The van der Waals surface area contributed by atoms with Crippen molar-refractivity contribution >= 4 is 5.97 Å². The minimum atomic E-state index is -0.852. The largest absolute Gasteiger partial charge is 0.458 e. The summed E-state index contributed by atoms with van der Waals surface area (Å²) in [5.74, 6) is 0.352. The van der Waals surface area contributed by atoms with Crippen molar-refractivity contribution < 1.29 is 24.9 Å². The van der Waals surface area contributed by atoms with Gasteiger partial charge in [0.2, 0.25) is 0 Å². The molecule has 0 bridgehead atoms. The fourth-order valence-electron chi connectivity index (χ4n) is 5.42. The SMILES string of the molecule is C=C1CCC2C(C1CC(O)C1=CCOC1=O)[C@@H](C)CC(O)C2(C)CO. The fraction of sp³-hybridized carbons (Fsp3) is 0.750. The van der Waals surface area contributed by atoms with Gasteiger partial charge < -0.3 is 20.1 Å². The number of hydrogen-bond acceptors (Lipinski definition) is 5. The molecule has 0 amide bonds. The Morgan fingerprint density at radius 2 is 2.20 bits per heavy atom. The van der Waals surface area contributed by atoms with Gasteiger partial charge in [-0.2, -0.15) is 0 Å². The van der Waals surface area contributed by atoms with Crippen LogP contribution in [0.4, 0.5) is 0 Å². The molecule has 140 valence electrons. The summed E-state index contributed by atoms with van der Waals surface area (Å²) in [5.41, 5.74) is 0.936. The van der Waals surface area contributed by atoms with Crippen molar-refractivity contribution in [2.45, 2.75) is 51.7 Å². The number of ether oxygens (including phenoxy) is 1. The lowest BCUT2D eigenvalue weighted by Crippen LogP contribution is -2.55. The molecule has 2 fully saturated rings. The number of rotatable bonds is 4. The highest BCUT2D eigenvalue weighted by Gasteiger charge is 2.54. The number of hydrogen-bond donors (Lipinski definition) is 3. The van der Waals surface area contributed by atoms with E-state index in [1.54, 1.807) is 6.08 Å². The van der Waals surface area contributed by atoms with Gasteiger partial charge in [-0.1, -0.05) is 26.0 Å². The van der Waals surface area contributed by atoms with Crippen molar-refractivity contribution in [3.05, 3.63) is 23.8 Å². The molecule has 2 saturated carbocycles. The second-order valence-electron chi connectivity index (χ2n) is 8.39. The van der Waals surface area contributed by atoms with Crippen LogP contribution in [0.2, 0.25) is 0 Å². The Labute approximate surface area is 149 Å². The highest BCUT2D eigenvalue weighted by molar-refractivity contribution is 5.91. The second-order valence-corrected chi connectivity index (χ2v) is 8.39. The Morgan fingerprint density at radius 3 is 2.80 bits per heavy atom. The summed E-state index contributed by atoms with van der Waals surface area (Å²) in [6.07, 6.45) is 3.11. The maximum atomic E-state index is 11.7. The zero-order valence-corrected chi connectivity index (χ0v) is 15.1. The molecule has 0 aromatic carbocycles. The molecule has 0 aromatic rings. The van der Waals surface area contributed by atoms with Gasteiger partial charge in [0, 0.05) is 5.41 Å². The van der Waals surface area contributed by atoms with Crippen LogP contribution in [0.3, 0.4) is 0 Å². The standard InChI is InChI=1S/C20H30O5/c1-11-4-5-15-18(12(2)8-17(23)20(15,3)10-21)14(11)9-16(22)13-6-7-25-19(13)24/h6,12,14-18,21-23H,1,4-5,7-10H2,2-3H3/t12-,14?,15?,16?,17?,18?,20?/m0/s1. The molecule has 1 heterocycles. The molecule has 0 radical (unpaired) electrons. The first-order valence-corrected chi connectivity index (χ1v) is 9.31. The zero-order valence-electron chi connectivity index (χ0n) is 15.1. The normalized spacial score (nSPS) is 42.6. The van der Waals surface area contributed by atoms with E-state index in [0.717, 1.165) is 18.4 Å². The van der Waals surface area contributed by atoms with Crippen molar-refractivity contribution in [2.24, 2.45) is 29.1 Å². The van der Waals surface area contributed by atoms with E-state index in [2.05, 4.69) is 13.5 Å². The topological polar surface area (TPSA) is 87.0 Å². The van der Waals surface area contributed by atoms with Crippen molar-refractivity contribution in [2.75, 3.05) is 13.2 Å². The van der Waals surface area contributed by atoms with Crippen LogP contribution in [0.15, 0.2) is 23.8 Å². The number of aliphatic hydroxyl groups excluding tert-OH is 3. The van der Waals surface area contributed by atoms with Gasteiger partial charge in [0.1, 0.15) is 6.61 Å². The van der Waals surface area contributed by atoms with Crippen molar-refractivity contribution in [1.82, 2.24) is 0 Å². The number of carbonyl (C=O) groups excluding carboxylic acids is 1. The maximum Gasteiger partial charge on any atom is 0.336 e. The number of allylic oxidation sites excluding steroid dienone is 1. The maximum absolute atomic E-state index is 11.7. The molecule has 7 atom stereocenters. The van der Waals surface area contributed by atoms with Crippen LogP contribution in [0.1, 0.15) is 39.5 Å². The molecule has 3 rings (SSSR count). The van der Waals surface area contributed by atoms with E-state index < -0.39 is 23.6 Å². The van der Waals surface area contributed by atoms with Gasteiger partial charge in [-0.05, 0) is 55.4 Å². The van der Waals surface area contributed by atoms with E-state index in [1.165, 1.54) is 0 Å². The van der Waals surface area contributed by atoms with Gasteiger partial charge in [0.25, 0.3) is 0 Å². The summed E-state index contributed by atoms with van der Waals surface area (Å²) in [6.45, 7) is 8.54. The van der Waals surface area contributed by atoms with E-state index in [4.69, 9.17) is 4.74 Å². The number of esters is 1. The summed E-state index contributed by atoms with van der Waals surface area (Å²) < 4.78 is 4.91. The van der Waals surface area contributed by atoms with Crippen LogP contribution in [0.25, 0.3) is 0 Å². The monoisotopic (exact) mass is 350 g/mol. The van der Waals surface area contributed by atoms with Gasteiger partial charge in [-0.15, -0.1) is 0 Å². The van der Waals surface area contributed by atoms with Crippen LogP contribution < -0.4 is 0 Å². The molecule has 25 heavy (non-hydrogen) atoms. The smallest absolute Gasteiger partial charge is 0.336 e. The molecule has 0 spiro atoms. The molecule has 5 heteroatoms. The molecule has 5 nitrogen and oxygen atoms in total. The molecule has 1 aliphatic heterocycles. The van der Waals surface area contributed by atoms with Crippen molar-refractivity contribution in [3.63, 3.8) is 0 Å². The number of aliphatic hydroxyl groups is 3. The van der Waals surface area contributed by atoms with E-state index in [0.29, 0.717) is 18.4 Å². The van der Waals surface area contributed by atoms with E-state index >= 15 is 0 Å². The Hall–Kier alpha value is -1.17. The molecule has 3 N–H and O–H groups in total. The lowest BCUT2D eigenvalue weighted by molar-refractivity contribution is -0.139. The molecule has 0 aromatic heterocycles.